The van der Waals surface area contributed by atoms with Gasteiger partial charge in [-0.2, -0.15) is 0 Å². The van der Waals surface area contributed by atoms with Crippen molar-refractivity contribution in [3.05, 3.63) is 0 Å². The van der Waals surface area contributed by atoms with Crippen molar-refractivity contribution in [2.24, 2.45) is 5.73 Å². The third-order valence-electron chi connectivity index (χ3n) is 0.390. The molecule has 1 unspecified atom stereocenters. The number of nitrogens with two attached hydrogens (primary N) is 1. The molecular formula is C3H10NO5P. The Morgan fingerprint density at radius 2 is 1.70 bits per heavy atom. The third-order valence-corrected chi connectivity index (χ3v) is 0.390. The first kappa shape index (κ1) is 12.3. The molecule has 0 amide bonds. The number of carboxylic acid groups (broad SMARTS) is 1. The van der Waals surface area contributed by atoms with Crippen LogP contribution in [0.1, 0.15) is 6.92 Å². The molecule has 0 bridgehead atoms. The predicted octanol–water partition coefficient (Wildman–Crippen LogP) is -1.22. The third kappa shape index (κ3) is 25.6. The molecule has 0 aromatic heterocycles. The second kappa shape index (κ2) is 6.70. The Morgan fingerprint density at radius 1 is 1.60 bits per heavy atom. The molecule has 0 fully saturated rings. The lowest BCUT2D eigenvalue weighted by Crippen LogP contribution is -2.25. The highest BCUT2D eigenvalue weighted by atomic mass is 31.1. The molecule has 0 heterocycles. The Balaban J connectivity index is 0. The maximum absolute atomic E-state index is 9.57. The Hall–Kier alpha value is -0.420. The summed E-state index contributed by atoms with van der Waals surface area (Å²) in [6, 6.07) is -0.731. The maximum atomic E-state index is 9.57. The largest absolute Gasteiger partial charge is 0.480 e. The second-order valence-corrected chi connectivity index (χ2v) is 1.97. The molecule has 0 spiro atoms. The van der Waals surface area contributed by atoms with E-state index >= 15 is 0 Å². The number of carbonyl (C=O) groups is 1. The van der Waals surface area contributed by atoms with E-state index < -0.39 is 20.3 Å². The van der Waals surface area contributed by atoms with E-state index in [1.807, 2.05) is 0 Å². The van der Waals surface area contributed by atoms with Gasteiger partial charge in [0.25, 0.3) is 0 Å². The first-order valence-electron chi connectivity index (χ1n) is 2.28. The van der Waals surface area contributed by atoms with Crippen molar-refractivity contribution in [2.45, 2.75) is 13.0 Å². The van der Waals surface area contributed by atoms with E-state index in [-0.39, 0.29) is 0 Å². The second-order valence-electron chi connectivity index (χ2n) is 1.41. The molecule has 6 nitrogen and oxygen atoms in total. The van der Waals surface area contributed by atoms with E-state index in [0.717, 1.165) is 0 Å². The molecule has 0 aliphatic heterocycles. The first-order chi connectivity index (χ1) is 4.37. The fourth-order valence-electron chi connectivity index (χ4n) is 0. The van der Waals surface area contributed by atoms with Gasteiger partial charge in [0.2, 0.25) is 0 Å². The van der Waals surface area contributed by atoms with Crippen molar-refractivity contribution in [3.8, 4) is 0 Å². The quantitative estimate of drug-likeness (QED) is 0.367. The van der Waals surface area contributed by atoms with Gasteiger partial charge < -0.3 is 20.6 Å². The topological polar surface area (TPSA) is 121 Å². The van der Waals surface area contributed by atoms with Gasteiger partial charge in [-0.3, -0.25) is 9.36 Å². The fraction of sp³-hybridized carbons (Fsp3) is 0.667. The average Bonchev–Trinajstić information content (AvgIpc) is 1.63. The van der Waals surface area contributed by atoms with Crippen molar-refractivity contribution in [1.82, 2.24) is 0 Å². The van der Waals surface area contributed by atoms with E-state index in [1.165, 1.54) is 6.92 Å². The number of carboxylic acids is 1. The molecule has 0 rings (SSSR count). The summed E-state index contributed by atoms with van der Waals surface area (Å²) in [5, 5.41) is 7.87. The van der Waals surface area contributed by atoms with Crippen molar-refractivity contribution in [2.75, 3.05) is 0 Å². The van der Waals surface area contributed by atoms with Crippen LogP contribution >= 0.6 is 8.25 Å². The van der Waals surface area contributed by atoms with Crippen LogP contribution in [0.25, 0.3) is 0 Å². The SMILES string of the molecule is CC(N)C(=O)O.O=[PH](O)O. The fourth-order valence-corrected chi connectivity index (χ4v) is 0. The van der Waals surface area contributed by atoms with E-state index in [2.05, 4.69) is 0 Å². The molecule has 0 aromatic carbocycles. The molecular weight excluding hydrogens is 161 g/mol. The lowest BCUT2D eigenvalue weighted by molar-refractivity contribution is -0.138. The van der Waals surface area contributed by atoms with Crippen LogP contribution in [0.15, 0.2) is 0 Å². The van der Waals surface area contributed by atoms with Gasteiger partial charge in [0.1, 0.15) is 6.04 Å². The van der Waals surface area contributed by atoms with Crippen molar-refractivity contribution in [1.29, 1.82) is 0 Å². The monoisotopic (exact) mass is 171 g/mol. The van der Waals surface area contributed by atoms with Gasteiger partial charge in [-0.05, 0) is 6.92 Å². The molecule has 0 saturated heterocycles. The van der Waals surface area contributed by atoms with Crippen LogP contribution in [0.2, 0.25) is 0 Å². The number of hydrogen-bond acceptors (Lipinski definition) is 3. The Morgan fingerprint density at radius 3 is 1.70 bits per heavy atom. The summed E-state index contributed by atoms with van der Waals surface area (Å²) < 4.78 is 8.74. The smallest absolute Gasteiger partial charge is 0.320 e. The minimum atomic E-state index is -3.13. The molecule has 0 radical (unpaired) electrons. The Bertz CT molecular complexity index is 120. The van der Waals surface area contributed by atoms with Crippen LogP contribution in [0.4, 0.5) is 0 Å². The summed E-state index contributed by atoms with van der Waals surface area (Å²) in [5.41, 5.74) is 4.84. The first-order valence-corrected chi connectivity index (χ1v) is 3.58. The zero-order valence-corrected chi connectivity index (χ0v) is 6.31. The normalized spacial score (nSPS) is 11.7. The van der Waals surface area contributed by atoms with Crippen molar-refractivity contribution < 1.29 is 24.3 Å². The molecule has 0 aromatic rings. The van der Waals surface area contributed by atoms with E-state index in [4.69, 9.17) is 25.2 Å². The average molecular weight is 171 g/mol. The highest BCUT2D eigenvalue weighted by Gasteiger charge is 1.99. The molecule has 62 valence electrons. The van der Waals surface area contributed by atoms with Gasteiger partial charge in [-0.1, -0.05) is 0 Å². The summed E-state index contributed by atoms with van der Waals surface area (Å²) in [6.07, 6.45) is 0. The zero-order chi connectivity index (χ0) is 8.73. The van der Waals surface area contributed by atoms with Gasteiger partial charge in [0.15, 0.2) is 0 Å². The molecule has 0 aliphatic carbocycles. The van der Waals surface area contributed by atoms with Crippen molar-refractivity contribution >= 4 is 14.2 Å². The molecule has 10 heavy (non-hydrogen) atoms. The maximum Gasteiger partial charge on any atom is 0.320 e. The van der Waals surface area contributed by atoms with Crippen LogP contribution in [0, 0.1) is 0 Å². The summed E-state index contributed by atoms with van der Waals surface area (Å²) in [5.74, 6) is -0.963. The van der Waals surface area contributed by atoms with Gasteiger partial charge in [-0.25, -0.2) is 0 Å². The van der Waals surface area contributed by atoms with Gasteiger partial charge >= 0.3 is 14.2 Å². The molecule has 7 heteroatoms. The lowest BCUT2D eigenvalue weighted by Gasteiger charge is -1.90. The van der Waals surface area contributed by atoms with Gasteiger partial charge in [-0.15, -0.1) is 0 Å². The number of hydrogen-bond donors (Lipinski definition) is 4. The summed E-state index contributed by atoms with van der Waals surface area (Å²) in [6.45, 7) is 1.42. The molecule has 0 aliphatic rings. The van der Waals surface area contributed by atoms with Gasteiger partial charge in [0.05, 0.1) is 0 Å². The minimum Gasteiger partial charge on any atom is -0.480 e. The molecule has 0 saturated carbocycles. The standard InChI is InChI=1S/C3H7NO2.H3O3P/c1-2(4)3(5)6;1-4(2)3/h2H,4H2,1H3,(H,5,6);4H,(H2,1,2,3). The van der Waals surface area contributed by atoms with Crippen LogP contribution in [0.3, 0.4) is 0 Å². The van der Waals surface area contributed by atoms with Crippen LogP contribution in [-0.2, 0) is 9.36 Å². The molecule has 1 atom stereocenters. The van der Waals surface area contributed by atoms with Crippen molar-refractivity contribution in [3.63, 3.8) is 0 Å². The van der Waals surface area contributed by atoms with Crippen LogP contribution in [0.5, 0.6) is 0 Å². The van der Waals surface area contributed by atoms with Gasteiger partial charge in [0, 0.05) is 0 Å². The Labute approximate surface area is 58.2 Å². The Kier molecular flexibility index (Phi) is 8.22. The zero-order valence-electron chi connectivity index (χ0n) is 5.31. The summed E-state index contributed by atoms with van der Waals surface area (Å²) in [4.78, 5) is 23.9. The highest BCUT2D eigenvalue weighted by molar-refractivity contribution is 7.30. The summed E-state index contributed by atoms with van der Waals surface area (Å²) >= 11 is 0. The lowest BCUT2D eigenvalue weighted by atomic mass is 10.4. The van der Waals surface area contributed by atoms with E-state index in [0.29, 0.717) is 0 Å². The van der Waals surface area contributed by atoms with Crippen LogP contribution in [-0.4, -0.2) is 26.9 Å². The predicted molar refractivity (Wildman–Crippen MR) is 34.7 cm³/mol. The van der Waals surface area contributed by atoms with E-state index in [9.17, 15) is 4.79 Å². The number of aliphatic carboxylic acids is 1. The summed E-state index contributed by atoms with van der Waals surface area (Å²) in [7, 11) is -3.13. The number of rotatable bonds is 1. The van der Waals surface area contributed by atoms with E-state index in [1.54, 1.807) is 0 Å². The molecule has 5 N–H and O–H groups in total. The highest BCUT2D eigenvalue weighted by Crippen LogP contribution is 1.98. The van der Waals surface area contributed by atoms with Crippen LogP contribution < -0.4 is 5.73 Å². The minimum absolute atomic E-state index is 0.731.